The van der Waals surface area contributed by atoms with Crippen molar-refractivity contribution in [2.24, 2.45) is 28.2 Å². The van der Waals surface area contributed by atoms with Gasteiger partial charge in [0.15, 0.2) is 23.6 Å². The molecule has 3 fully saturated rings. The maximum atomic E-state index is 15.5. The number of nitrogens with one attached hydrogen (secondary N) is 1. The van der Waals surface area contributed by atoms with Gasteiger partial charge in [0.1, 0.15) is 23.9 Å². The van der Waals surface area contributed by atoms with Crippen LogP contribution in [0.25, 0.3) is 0 Å². The van der Waals surface area contributed by atoms with E-state index < -0.39 is 125 Å². The van der Waals surface area contributed by atoms with Crippen LogP contribution in [0.1, 0.15) is 86.7 Å². The second-order valence-corrected chi connectivity index (χ2v) is 18.3. The van der Waals surface area contributed by atoms with Gasteiger partial charge >= 0.3 is 35.9 Å². The molecule has 0 aromatic heterocycles. The van der Waals surface area contributed by atoms with Crippen LogP contribution in [0.5, 0.6) is 0 Å². The predicted molar refractivity (Wildman–Crippen MR) is 247 cm³/mol. The van der Waals surface area contributed by atoms with Gasteiger partial charge in [0.2, 0.25) is 0 Å². The molecule has 3 aliphatic carbocycles. The fourth-order valence-corrected chi connectivity index (χ4v) is 10.2. The Labute approximate surface area is 408 Å². The number of benzene rings is 3. The second-order valence-electron chi connectivity index (χ2n) is 18.3. The Morgan fingerprint density at radius 3 is 1.83 bits per heavy atom. The van der Waals surface area contributed by atoms with Crippen LogP contribution in [0, 0.1) is 16.7 Å². The van der Waals surface area contributed by atoms with Gasteiger partial charge in [-0.15, -0.1) is 0 Å². The summed E-state index contributed by atoms with van der Waals surface area (Å²) in [6.45, 7) is 7.70. The van der Waals surface area contributed by atoms with Gasteiger partial charge in [-0.3, -0.25) is 24.0 Å². The number of hydrogen-bond acceptors (Lipinski definition) is 17. The van der Waals surface area contributed by atoms with E-state index in [1.54, 1.807) is 92.7 Å². The van der Waals surface area contributed by atoms with Crippen LogP contribution in [0.3, 0.4) is 0 Å². The first-order valence-electron chi connectivity index (χ1n) is 22.4. The highest BCUT2D eigenvalue weighted by atomic mass is 16.6. The molecule has 382 valence electrons. The largest absolute Gasteiger partial charge is 0.480 e. The van der Waals surface area contributed by atoms with Crippen molar-refractivity contribution in [1.82, 2.24) is 5.32 Å². The van der Waals surface area contributed by atoms with Gasteiger partial charge in [-0.1, -0.05) is 80.6 Å². The number of ether oxygens (including phenoxy) is 5. The molecule has 1 saturated heterocycles. The highest BCUT2D eigenvalue weighted by Crippen LogP contribution is 2.64. The summed E-state index contributed by atoms with van der Waals surface area (Å²) in [6.07, 6.45) is -11.8. The molecule has 2 saturated carbocycles. The van der Waals surface area contributed by atoms with E-state index in [2.05, 4.69) is 16.8 Å². The highest BCUT2D eigenvalue weighted by molar-refractivity contribution is 5.96. The van der Waals surface area contributed by atoms with Gasteiger partial charge in [0.25, 0.3) is 5.91 Å². The molecule has 3 aromatic rings. The topological polar surface area (TPSA) is 348 Å². The number of primary amides is 1. The molecule has 2 amide bonds. The number of esters is 4. The second kappa shape index (κ2) is 21.9. The quantitative estimate of drug-likeness (QED) is 0.0776. The van der Waals surface area contributed by atoms with E-state index in [1.807, 2.05) is 0 Å². The van der Waals surface area contributed by atoms with E-state index in [0.29, 0.717) is 5.56 Å². The van der Waals surface area contributed by atoms with E-state index in [4.69, 9.17) is 38.7 Å². The summed E-state index contributed by atoms with van der Waals surface area (Å²) in [5, 5.41) is 55.0. The molecule has 7 rings (SSSR count). The fraction of sp³-hybridized carbons (Fsp3) is 0.440. The van der Waals surface area contributed by atoms with Gasteiger partial charge in [0, 0.05) is 37.7 Å². The fourth-order valence-electron chi connectivity index (χ4n) is 10.2. The van der Waals surface area contributed by atoms with Crippen molar-refractivity contribution in [1.29, 1.82) is 0 Å². The molecule has 21 heteroatoms. The lowest BCUT2D eigenvalue weighted by molar-refractivity contribution is -0.346. The van der Waals surface area contributed by atoms with Gasteiger partial charge in [-0.2, -0.15) is 0 Å². The molecule has 4 aliphatic rings. The molecule has 0 spiro atoms. The summed E-state index contributed by atoms with van der Waals surface area (Å²) in [5.41, 5.74) is 1.58. The Balaban J connectivity index is 0.000000958. The average Bonchev–Trinajstić information content (AvgIpc) is 3.32. The summed E-state index contributed by atoms with van der Waals surface area (Å²) in [4.78, 5) is 101. The number of aliphatic hydroxyl groups is 3. The molecule has 10 N–H and O–H groups in total. The zero-order valence-electron chi connectivity index (χ0n) is 39.8. The Morgan fingerprint density at radius 1 is 0.831 bits per heavy atom. The summed E-state index contributed by atoms with van der Waals surface area (Å²) in [7, 11) is 0. The van der Waals surface area contributed by atoms with Crippen LogP contribution in [-0.4, -0.2) is 134 Å². The Bertz CT molecular complexity index is 2520. The molecular weight excluding hydrogens is 931 g/mol. The number of fused-ring (bicyclic) bond motifs is 5. The van der Waals surface area contributed by atoms with Gasteiger partial charge < -0.3 is 66.0 Å². The minimum Gasteiger partial charge on any atom is -0.480 e. The van der Waals surface area contributed by atoms with E-state index >= 15 is 4.79 Å². The molecule has 71 heavy (non-hydrogen) atoms. The van der Waals surface area contributed by atoms with Crippen LogP contribution >= 0.6 is 0 Å². The predicted octanol–water partition coefficient (Wildman–Crippen LogP) is 2.39. The van der Waals surface area contributed by atoms with Crippen molar-refractivity contribution < 1.29 is 87.6 Å². The number of carbonyl (C=O) groups excluding carboxylic acids is 6. The Hall–Kier alpha value is -7.04. The van der Waals surface area contributed by atoms with Gasteiger partial charge in [-0.25, -0.2) is 14.4 Å². The van der Waals surface area contributed by atoms with Crippen molar-refractivity contribution in [2.75, 3.05) is 13.2 Å². The lowest BCUT2D eigenvalue weighted by Crippen LogP contribution is -2.82. The molecule has 1 aliphatic heterocycles. The number of amides is 2. The first-order chi connectivity index (χ1) is 33.3. The number of carboxylic acid groups (broad SMARTS) is 2. The molecule has 1 heterocycles. The summed E-state index contributed by atoms with van der Waals surface area (Å²) in [5.74, 6) is -7.81. The number of Topliss-reactive ketones (excluding diaryl/α,β-unsaturated/α-hetero) is 1. The van der Waals surface area contributed by atoms with Crippen LogP contribution in [0.4, 0.5) is 4.79 Å². The van der Waals surface area contributed by atoms with Crippen molar-refractivity contribution >= 4 is 47.6 Å². The third-order valence-electron chi connectivity index (χ3n) is 13.7. The lowest BCUT2D eigenvalue weighted by atomic mass is 9.44. The van der Waals surface area contributed by atoms with Crippen LogP contribution < -0.4 is 16.8 Å². The standard InChI is InChI=1S/C47H51NO14.C2H5NO2.CH3NO2/c1-25-31(60-43(56)36(52)35(28-16-10-7-11-17-28)48-41(54)29-18-12-8-13-19-29)23-47(57)40(61-42(55)30-20-14-9-15-21-30)38-45(6,32(51)22-33-46(38,24-58-33)62-27(3)50)39(53)37(59-26(2)49)34(25)44(47,4)5;3-1-2(4)5;2-1(3)4/h7-21,31-33,35-38,40,51-52,57H,22-24H2,1-6H3,(H,48,54);1,3H2,(H,4,5);2H2,(H,3,4)/t31-,32-,33+,35-,36+,37+,38-,40-,45+,46-,47+;;/m0../s1. The lowest BCUT2D eigenvalue weighted by Gasteiger charge is -2.67. The number of ketones is 1. The SMILES string of the molecule is CC(=O)O[C@H]1C(=O)[C@@]2(C)[C@H]([C@H](OC(=O)c3ccccc3)[C@]3(O)C[C@H](OC(=O)[C@H](O)[C@@H](NC(=O)c4ccccc4)c4ccccc4)C(C)=C1C3(C)C)[C@]1(OC(C)=O)CO[C@@H]1C[C@@H]2O.NC(=O)O.NCC(=O)O. The smallest absolute Gasteiger partial charge is 0.402 e. The monoisotopic (exact) mass is 989 g/mol. The third-order valence-corrected chi connectivity index (χ3v) is 13.7. The maximum absolute atomic E-state index is 15.5. The molecular formula is C50H59N3O18. The molecule has 3 aromatic carbocycles. The van der Waals surface area contributed by atoms with E-state index in [1.165, 1.54) is 26.0 Å². The number of rotatable bonds is 11. The minimum absolute atomic E-state index is 0.00289. The highest BCUT2D eigenvalue weighted by Gasteiger charge is 2.78. The summed E-state index contributed by atoms with van der Waals surface area (Å²) >= 11 is 0. The first kappa shape index (κ1) is 54.9. The molecule has 0 radical (unpaired) electrons. The maximum Gasteiger partial charge on any atom is 0.402 e. The zero-order valence-corrected chi connectivity index (χ0v) is 39.8. The van der Waals surface area contributed by atoms with Crippen LogP contribution in [-0.2, 0) is 47.7 Å². The van der Waals surface area contributed by atoms with Gasteiger partial charge in [0.05, 0.1) is 42.2 Å². The Morgan fingerprint density at radius 2 is 1.35 bits per heavy atom. The molecule has 11 atom stereocenters. The zero-order chi connectivity index (χ0) is 52.8. The number of nitrogens with two attached hydrogens (primary N) is 2. The van der Waals surface area contributed by atoms with Crippen molar-refractivity contribution in [3.63, 3.8) is 0 Å². The average molecular weight is 990 g/mol. The van der Waals surface area contributed by atoms with E-state index in [9.17, 15) is 44.1 Å². The van der Waals surface area contributed by atoms with Crippen molar-refractivity contribution in [3.8, 4) is 0 Å². The third kappa shape index (κ3) is 11.0. The number of hydrogen-bond donors (Lipinski definition) is 8. The first-order valence-corrected chi connectivity index (χ1v) is 22.4. The van der Waals surface area contributed by atoms with Gasteiger partial charge in [-0.05, 0) is 54.8 Å². The molecule has 0 unspecified atom stereocenters. The number of aliphatic carboxylic acids is 1. The number of carboxylic acids is 1. The minimum atomic E-state index is -2.39. The number of aliphatic hydroxyl groups excluding tert-OH is 2. The van der Waals surface area contributed by atoms with Crippen LogP contribution in [0.15, 0.2) is 102 Å². The molecule has 2 bridgehead atoms. The van der Waals surface area contributed by atoms with E-state index in [-0.39, 0.29) is 41.8 Å². The summed E-state index contributed by atoms with van der Waals surface area (Å²) in [6, 6.07) is 22.9. The van der Waals surface area contributed by atoms with Crippen molar-refractivity contribution in [2.45, 2.75) is 108 Å². The van der Waals surface area contributed by atoms with E-state index in [0.717, 1.165) is 13.8 Å². The summed E-state index contributed by atoms with van der Waals surface area (Å²) < 4.78 is 30.3. The molecule has 21 nitrogen and oxygen atoms in total. The number of carbonyl (C=O) groups is 8. The van der Waals surface area contributed by atoms with Crippen LogP contribution in [0.2, 0.25) is 0 Å². The Kier molecular flexibility index (Phi) is 17.0. The normalized spacial score (nSPS) is 28.7. The van der Waals surface area contributed by atoms with Crippen molar-refractivity contribution in [3.05, 3.63) is 119 Å².